The fourth-order valence-corrected chi connectivity index (χ4v) is 4.08. The Labute approximate surface area is 193 Å². The predicted molar refractivity (Wildman–Crippen MR) is 129 cm³/mol. The molecule has 0 aliphatic heterocycles. The summed E-state index contributed by atoms with van der Waals surface area (Å²) in [4.78, 5) is 24.9. The van der Waals surface area contributed by atoms with Crippen LogP contribution >= 0.6 is 11.8 Å². The molecule has 0 aliphatic rings. The van der Waals surface area contributed by atoms with Crippen LogP contribution in [0.3, 0.4) is 0 Å². The van der Waals surface area contributed by atoms with Gasteiger partial charge >= 0.3 is 0 Å². The zero-order valence-electron chi connectivity index (χ0n) is 19.1. The predicted octanol–water partition coefficient (Wildman–Crippen LogP) is 4.47. The third-order valence-corrected chi connectivity index (χ3v) is 6.11. The molecule has 3 aromatic rings. The number of hydrogen-bond acceptors (Lipinski definition) is 5. The van der Waals surface area contributed by atoms with E-state index < -0.39 is 0 Å². The van der Waals surface area contributed by atoms with Gasteiger partial charge in [-0.1, -0.05) is 61.5 Å². The second kappa shape index (κ2) is 10.5. The SMILES string of the molecule is Cc1ccc(NC(=O)Cc2nnc(SCC(=O)Nc3ccccc3C(C)C)n2C)c(C)c1. The first-order valence-electron chi connectivity index (χ1n) is 10.5. The van der Waals surface area contributed by atoms with Crippen molar-refractivity contribution in [2.45, 2.75) is 45.2 Å². The van der Waals surface area contributed by atoms with Gasteiger partial charge in [-0.3, -0.25) is 9.59 Å². The average molecular weight is 452 g/mol. The van der Waals surface area contributed by atoms with Gasteiger partial charge in [0.1, 0.15) is 5.82 Å². The molecule has 0 spiro atoms. The van der Waals surface area contributed by atoms with Crippen molar-refractivity contribution in [2.75, 3.05) is 16.4 Å². The van der Waals surface area contributed by atoms with Crippen molar-refractivity contribution in [1.29, 1.82) is 0 Å². The van der Waals surface area contributed by atoms with Crippen molar-refractivity contribution in [3.8, 4) is 0 Å². The number of hydrogen-bond donors (Lipinski definition) is 2. The molecule has 0 atom stereocenters. The second-order valence-electron chi connectivity index (χ2n) is 8.08. The van der Waals surface area contributed by atoms with Crippen molar-refractivity contribution in [1.82, 2.24) is 14.8 Å². The smallest absolute Gasteiger partial charge is 0.234 e. The number of aryl methyl sites for hydroxylation is 2. The summed E-state index contributed by atoms with van der Waals surface area (Å²) >= 11 is 1.29. The maximum Gasteiger partial charge on any atom is 0.234 e. The standard InChI is InChI=1S/C24H29N5O2S/c1-15(2)18-8-6-7-9-20(18)26-23(31)14-32-24-28-27-21(29(24)5)13-22(30)25-19-11-10-16(3)12-17(19)4/h6-12,15H,13-14H2,1-5H3,(H,25,30)(H,26,31). The minimum atomic E-state index is -0.160. The van der Waals surface area contributed by atoms with E-state index >= 15 is 0 Å². The van der Waals surface area contributed by atoms with Crippen molar-refractivity contribution in [3.05, 3.63) is 65.0 Å². The first-order chi connectivity index (χ1) is 15.2. The van der Waals surface area contributed by atoms with E-state index in [0.717, 1.165) is 28.1 Å². The highest BCUT2D eigenvalue weighted by Crippen LogP contribution is 2.24. The molecule has 0 aliphatic carbocycles. The highest BCUT2D eigenvalue weighted by molar-refractivity contribution is 7.99. The Morgan fingerprint density at radius 2 is 1.72 bits per heavy atom. The molecule has 2 amide bonds. The van der Waals surface area contributed by atoms with Crippen LogP contribution in [0, 0.1) is 13.8 Å². The highest BCUT2D eigenvalue weighted by atomic mass is 32.2. The number of anilines is 2. The number of aromatic nitrogens is 3. The number of amides is 2. The molecule has 3 rings (SSSR count). The van der Waals surface area contributed by atoms with Gasteiger partial charge < -0.3 is 15.2 Å². The van der Waals surface area contributed by atoms with Crippen LogP contribution in [-0.4, -0.2) is 32.3 Å². The molecule has 32 heavy (non-hydrogen) atoms. The van der Waals surface area contributed by atoms with Crippen LogP contribution in [0.4, 0.5) is 11.4 Å². The minimum Gasteiger partial charge on any atom is -0.325 e. The molecule has 1 aromatic heterocycles. The van der Waals surface area contributed by atoms with Crippen molar-refractivity contribution >= 4 is 35.0 Å². The summed E-state index contributed by atoms with van der Waals surface area (Å²) in [6.07, 6.45) is 0.103. The van der Waals surface area contributed by atoms with Crippen LogP contribution in [0.15, 0.2) is 47.6 Å². The Hall–Kier alpha value is -3.13. The van der Waals surface area contributed by atoms with E-state index in [9.17, 15) is 9.59 Å². The zero-order chi connectivity index (χ0) is 23.3. The van der Waals surface area contributed by atoms with Crippen molar-refractivity contribution < 1.29 is 9.59 Å². The van der Waals surface area contributed by atoms with Gasteiger partial charge in [0.2, 0.25) is 11.8 Å². The Bertz CT molecular complexity index is 1120. The summed E-state index contributed by atoms with van der Waals surface area (Å²) in [7, 11) is 1.80. The van der Waals surface area contributed by atoms with E-state index in [1.807, 2.05) is 56.3 Å². The van der Waals surface area contributed by atoms with Gasteiger partial charge in [0.15, 0.2) is 5.16 Å². The van der Waals surface area contributed by atoms with E-state index in [-0.39, 0.29) is 24.0 Å². The zero-order valence-corrected chi connectivity index (χ0v) is 19.9. The normalized spacial score (nSPS) is 10.9. The number of rotatable bonds is 8. The van der Waals surface area contributed by atoms with Gasteiger partial charge in [0.25, 0.3) is 0 Å². The van der Waals surface area contributed by atoms with E-state index in [1.165, 1.54) is 11.8 Å². The fourth-order valence-electron chi connectivity index (χ4n) is 3.35. The average Bonchev–Trinajstić information content (AvgIpc) is 3.08. The summed E-state index contributed by atoms with van der Waals surface area (Å²) in [6.45, 7) is 8.17. The summed E-state index contributed by atoms with van der Waals surface area (Å²) in [5.74, 6) is 0.788. The Balaban J connectivity index is 1.56. The maximum absolute atomic E-state index is 12.5. The molecule has 7 nitrogen and oxygen atoms in total. The number of benzene rings is 2. The van der Waals surface area contributed by atoms with Crippen molar-refractivity contribution in [3.63, 3.8) is 0 Å². The molecule has 2 N–H and O–H groups in total. The molecule has 1 heterocycles. The topological polar surface area (TPSA) is 88.9 Å². The van der Waals surface area contributed by atoms with Gasteiger partial charge in [0.05, 0.1) is 12.2 Å². The summed E-state index contributed by atoms with van der Waals surface area (Å²) in [5.41, 5.74) is 4.87. The molecule has 8 heteroatoms. The lowest BCUT2D eigenvalue weighted by Gasteiger charge is -2.13. The molecule has 0 bridgehead atoms. The first-order valence-corrected chi connectivity index (χ1v) is 11.5. The monoisotopic (exact) mass is 451 g/mol. The van der Waals surface area contributed by atoms with E-state index in [0.29, 0.717) is 16.9 Å². The number of nitrogens with zero attached hydrogens (tertiary/aromatic N) is 3. The lowest BCUT2D eigenvalue weighted by atomic mass is 10.0. The largest absolute Gasteiger partial charge is 0.325 e. The van der Waals surface area contributed by atoms with E-state index in [2.05, 4.69) is 34.7 Å². The number of para-hydroxylation sites is 1. The number of thioether (sulfide) groups is 1. The number of nitrogens with one attached hydrogen (secondary N) is 2. The molecule has 2 aromatic carbocycles. The molecule has 0 fully saturated rings. The Kier molecular flexibility index (Phi) is 7.69. The van der Waals surface area contributed by atoms with Crippen LogP contribution < -0.4 is 10.6 Å². The number of carbonyl (C=O) groups excluding carboxylic acids is 2. The van der Waals surface area contributed by atoms with Gasteiger partial charge in [-0.15, -0.1) is 10.2 Å². The van der Waals surface area contributed by atoms with Gasteiger partial charge in [-0.2, -0.15) is 0 Å². The molecular weight excluding hydrogens is 422 g/mol. The van der Waals surface area contributed by atoms with Gasteiger partial charge in [-0.25, -0.2) is 0 Å². The third kappa shape index (κ3) is 5.97. The van der Waals surface area contributed by atoms with Gasteiger partial charge in [-0.05, 0) is 43.0 Å². The second-order valence-corrected chi connectivity index (χ2v) is 9.02. The van der Waals surface area contributed by atoms with Crippen LogP contribution in [0.25, 0.3) is 0 Å². The fraction of sp³-hybridized carbons (Fsp3) is 0.333. The van der Waals surface area contributed by atoms with Crippen LogP contribution in [-0.2, 0) is 23.1 Å². The van der Waals surface area contributed by atoms with Crippen LogP contribution in [0.2, 0.25) is 0 Å². The van der Waals surface area contributed by atoms with Crippen molar-refractivity contribution in [2.24, 2.45) is 7.05 Å². The van der Waals surface area contributed by atoms with Crippen LogP contribution in [0.1, 0.15) is 42.3 Å². The molecular formula is C24H29N5O2S. The lowest BCUT2D eigenvalue weighted by molar-refractivity contribution is -0.116. The molecule has 0 saturated carbocycles. The molecule has 0 saturated heterocycles. The molecule has 0 unspecified atom stereocenters. The third-order valence-electron chi connectivity index (χ3n) is 5.09. The molecule has 168 valence electrons. The summed E-state index contributed by atoms with van der Waals surface area (Å²) in [6, 6.07) is 13.7. The minimum absolute atomic E-state index is 0.103. The summed E-state index contributed by atoms with van der Waals surface area (Å²) in [5, 5.41) is 14.8. The Morgan fingerprint density at radius 1 is 1.00 bits per heavy atom. The van der Waals surface area contributed by atoms with E-state index in [1.54, 1.807) is 11.6 Å². The first kappa shape index (κ1) is 23.5. The highest BCUT2D eigenvalue weighted by Gasteiger charge is 2.16. The Morgan fingerprint density at radius 3 is 2.44 bits per heavy atom. The maximum atomic E-state index is 12.5. The lowest BCUT2D eigenvalue weighted by Crippen LogP contribution is -2.18. The van der Waals surface area contributed by atoms with E-state index in [4.69, 9.17) is 0 Å². The van der Waals surface area contributed by atoms with Gasteiger partial charge in [0, 0.05) is 18.4 Å². The molecule has 0 radical (unpaired) electrons. The summed E-state index contributed by atoms with van der Waals surface area (Å²) < 4.78 is 1.75. The van der Waals surface area contributed by atoms with Crippen LogP contribution in [0.5, 0.6) is 0 Å². The number of carbonyl (C=O) groups is 2. The quantitative estimate of drug-likeness (QED) is 0.494.